The van der Waals surface area contributed by atoms with Crippen molar-refractivity contribution in [1.29, 1.82) is 0 Å². The second-order valence-electron chi connectivity index (χ2n) is 6.19. The van der Waals surface area contributed by atoms with Gasteiger partial charge in [0.05, 0.1) is 29.0 Å². The van der Waals surface area contributed by atoms with Crippen LogP contribution in [0.3, 0.4) is 0 Å². The van der Waals surface area contributed by atoms with Gasteiger partial charge in [0, 0.05) is 17.5 Å². The van der Waals surface area contributed by atoms with Crippen LogP contribution in [0.25, 0.3) is 16.6 Å². The van der Waals surface area contributed by atoms with Crippen molar-refractivity contribution < 1.29 is 0 Å². The molecule has 120 valence electrons. The van der Waals surface area contributed by atoms with Crippen molar-refractivity contribution in [1.82, 2.24) is 9.97 Å². The highest BCUT2D eigenvalue weighted by Crippen LogP contribution is 2.32. The van der Waals surface area contributed by atoms with Crippen molar-refractivity contribution in [3.05, 3.63) is 41.9 Å². The molecule has 1 aliphatic carbocycles. The van der Waals surface area contributed by atoms with E-state index in [2.05, 4.69) is 15.0 Å². The first-order chi connectivity index (χ1) is 11.2. The summed E-state index contributed by atoms with van der Waals surface area (Å²) in [7, 11) is 0. The van der Waals surface area contributed by atoms with E-state index in [9.17, 15) is 0 Å². The average molecular weight is 309 g/mol. The molecule has 1 fully saturated rings. The molecule has 0 atom stereocenters. The summed E-state index contributed by atoms with van der Waals surface area (Å²) >= 11 is 0. The molecular formula is C18H23N5. The van der Waals surface area contributed by atoms with Crippen LogP contribution >= 0.6 is 0 Å². The molecule has 23 heavy (non-hydrogen) atoms. The van der Waals surface area contributed by atoms with Crippen molar-refractivity contribution in [3.63, 3.8) is 0 Å². The summed E-state index contributed by atoms with van der Waals surface area (Å²) < 4.78 is 0. The fourth-order valence-electron chi connectivity index (χ4n) is 2.93. The third kappa shape index (κ3) is 3.56. The van der Waals surface area contributed by atoms with Gasteiger partial charge in [-0.15, -0.1) is 0 Å². The predicted octanol–water partition coefficient (Wildman–Crippen LogP) is 2.52. The molecular weight excluding hydrogens is 286 g/mol. The number of fused-ring (bicyclic) bond motifs is 1. The smallest absolute Gasteiger partial charge is 0.0925 e. The standard InChI is InChI=1S/C18H23N5/c1-12(20)15(10-21-14-8-13(9-14)6-7-19)18-11-22-16-4-2-3-5-17(16)23-18/h2-5,10-11,13-14H,6-9,19-20H2,1H3. The van der Waals surface area contributed by atoms with E-state index < -0.39 is 0 Å². The quantitative estimate of drug-likeness (QED) is 0.830. The van der Waals surface area contributed by atoms with Crippen LogP contribution in [0, 0.1) is 5.92 Å². The molecule has 4 N–H and O–H groups in total. The van der Waals surface area contributed by atoms with E-state index in [4.69, 9.17) is 11.5 Å². The molecule has 2 aromatic rings. The Hall–Kier alpha value is -2.27. The molecule has 5 nitrogen and oxygen atoms in total. The second kappa shape index (κ2) is 6.87. The summed E-state index contributed by atoms with van der Waals surface area (Å²) in [6.07, 6.45) is 6.96. The predicted molar refractivity (Wildman–Crippen MR) is 95.0 cm³/mol. The minimum Gasteiger partial charge on any atom is -0.402 e. The van der Waals surface area contributed by atoms with E-state index in [1.807, 2.05) is 37.4 Å². The summed E-state index contributed by atoms with van der Waals surface area (Å²) in [5, 5.41) is 0. The third-order valence-electron chi connectivity index (χ3n) is 4.35. The van der Waals surface area contributed by atoms with Gasteiger partial charge >= 0.3 is 0 Å². The Morgan fingerprint density at radius 1 is 1.30 bits per heavy atom. The highest BCUT2D eigenvalue weighted by atomic mass is 14.8. The van der Waals surface area contributed by atoms with Crippen molar-refractivity contribution >= 4 is 22.8 Å². The number of allylic oxidation sites excluding steroid dienone is 2. The average Bonchev–Trinajstić information content (AvgIpc) is 2.52. The second-order valence-corrected chi connectivity index (χ2v) is 6.19. The van der Waals surface area contributed by atoms with E-state index in [1.165, 1.54) is 0 Å². The number of rotatable bonds is 5. The zero-order chi connectivity index (χ0) is 16.2. The van der Waals surface area contributed by atoms with E-state index >= 15 is 0 Å². The summed E-state index contributed by atoms with van der Waals surface area (Å²) in [5.41, 5.74) is 15.7. The molecule has 1 saturated carbocycles. The van der Waals surface area contributed by atoms with Crippen molar-refractivity contribution in [2.45, 2.75) is 32.2 Å². The highest BCUT2D eigenvalue weighted by molar-refractivity contribution is 6.10. The highest BCUT2D eigenvalue weighted by Gasteiger charge is 2.27. The zero-order valence-electron chi connectivity index (χ0n) is 13.4. The van der Waals surface area contributed by atoms with Crippen LogP contribution in [0.15, 0.2) is 41.2 Å². The molecule has 0 saturated heterocycles. The molecule has 0 radical (unpaired) electrons. The molecule has 1 aliphatic rings. The molecule has 1 aromatic carbocycles. The topological polar surface area (TPSA) is 90.2 Å². The minimum atomic E-state index is 0.384. The largest absolute Gasteiger partial charge is 0.402 e. The molecule has 5 heteroatoms. The maximum atomic E-state index is 6.04. The summed E-state index contributed by atoms with van der Waals surface area (Å²) in [5.74, 6) is 0.731. The van der Waals surface area contributed by atoms with Crippen LogP contribution in [0.1, 0.15) is 31.9 Å². The van der Waals surface area contributed by atoms with Gasteiger partial charge in [0.2, 0.25) is 0 Å². The van der Waals surface area contributed by atoms with Crippen LogP contribution in [-0.2, 0) is 0 Å². The molecule has 0 spiro atoms. The Morgan fingerprint density at radius 3 is 2.74 bits per heavy atom. The van der Waals surface area contributed by atoms with E-state index in [-0.39, 0.29) is 0 Å². The first kappa shape index (κ1) is 15.6. The number of hydrogen-bond acceptors (Lipinski definition) is 5. The van der Waals surface area contributed by atoms with Gasteiger partial charge in [-0.1, -0.05) is 12.1 Å². The monoisotopic (exact) mass is 309 g/mol. The lowest BCUT2D eigenvalue weighted by Crippen LogP contribution is -2.29. The van der Waals surface area contributed by atoms with Crippen LogP contribution in [0.2, 0.25) is 0 Å². The van der Waals surface area contributed by atoms with Gasteiger partial charge < -0.3 is 11.5 Å². The number of hydrogen-bond donors (Lipinski definition) is 2. The molecule has 0 aliphatic heterocycles. The fraction of sp³-hybridized carbons (Fsp3) is 0.389. The Balaban J connectivity index is 1.78. The van der Waals surface area contributed by atoms with E-state index in [0.717, 1.165) is 54.0 Å². The summed E-state index contributed by atoms with van der Waals surface area (Å²) in [6.45, 7) is 2.64. The van der Waals surface area contributed by atoms with E-state index in [0.29, 0.717) is 11.7 Å². The summed E-state index contributed by atoms with van der Waals surface area (Å²) in [4.78, 5) is 13.8. The third-order valence-corrected chi connectivity index (χ3v) is 4.35. The zero-order valence-corrected chi connectivity index (χ0v) is 13.4. The molecule has 1 heterocycles. The Morgan fingerprint density at radius 2 is 2.04 bits per heavy atom. The normalized spacial score (nSPS) is 22.2. The molecule has 3 rings (SSSR count). The Labute approximate surface area is 136 Å². The van der Waals surface area contributed by atoms with Crippen LogP contribution < -0.4 is 11.5 Å². The number of nitrogens with zero attached hydrogens (tertiary/aromatic N) is 3. The van der Waals surface area contributed by atoms with Gasteiger partial charge in [-0.3, -0.25) is 9.98 Å². The first-order valence-corrected chi connectivity index (χ1v) is 8.09. The van der Waals surface area contributed by atoms with Crippen LogP contribution in [0.4, 0.5) is 0 Å². The molecule has 0 bridgehead atoms. The lowest BCUT2D eigenvalue weighted by molar-refractivity contribution is 0.256. The minimum absolute atomic E-state index is 0.384. The Kier molecular flexibility index (Phi) is 4.67. The number of para-hydroxylation sites is 2. The summed E-state index contributed by atoms with van der Waals surface area (Å²) in [6, 6.07) is 8.20. The maximum absolute atomic E-state index is 6.04. The van der Waals surface area contributed by atoms with Gasteiger partial charge in [0.1, 0.15) is 0 Å². The Bertz CT molecular complexity index is 740. The maximum Gasteiger partial charge on any atom is 0.0925 e. The molecule has 1 aromatic heterocycles. The fourth-order valence-corrected chi connectivity index (χ4v) is 2.93. The van der Waals surface area contributed by atoms with Crippen molar-refractivity contribution in [3.8, 4) is 0 Å². The first-order valence-electron chi connectivity index (χ1n) is 8.09. The lowest BCUT2D eigenvalue weighted by atomic mass is 9.78. The van der Waals surface area contributed by atoms with Gasteiger partial charge in [0.15, 0.2) is 0 Å². The van der Waals surface area contributed by atoms with Gasteiger partial charge in [-0.25, -0.2) is 4.98 Å². The SMILES string of the molecule is CC(N)=C(C=NC1CC(CCN)C1)c1cnc2ccccc2n1. The van der Waals surface area contributed by atoms with Crippen molar-refractivity contribution in [2.24, 2.45) is 22.4 Å². The van der Waals surface area contributed by atoms with E-state index in [1.54, 1.807) is 6.20 Å². The number of aliphatic imine (C=N–C) groups is 1. The van der Waals surface area contributed by atoms with Gasteiger partial charge in [0.25, 0.3) is 0 Å². The van der Waals surface area contributed by atoms with Crippen LogP contribution in [-0.4, -0.2) is 28.8 Å². The molecule has 0 unspecified atom stereocenters. The van der Waals surface area contributed by atoms with Gasteiger partial charge in [-0.05, 0) is 50.8 Å². The number of nitrogens with two attached hydrogens (primary N) is 2. The van der Waals surface area contributed by atoms with Gasteiger partial charge in [-0.2, -0.15) is 0 Å². The van der Waals surface area contributed by atoms with Crippen LogP contribution in [0.5, 0.6) is 0 Å². The number of aromatic nitrogens is 2. The lowest BCUT2D eigenvalue weighted by Gasteiger charge is -2.32. The number of benzene rings is 1. The van der Waals surface area contributed by atoms with Crippen molar-refractivity contribution in [2.75, 3.05) is 6.54 Å². The molecule has 0 amide bonds.